The molecule has 30 heavy (non-hydrogen) atoms. The van der Waals surface area contributed by atoms with Crippen molar-refractivity contribution >= 4 is 17.6 Å². The van der Waals surface area contributed by atoms with Crippen molar-refractivity contribution in [1.29, 1.82) is 0 Å². The van der Waals surface area contributed by atoms with Crippen LogP contribution in [0.25, 0.3) is 0 Å². The zero-order chi connectivity index (χ0) is 21.9. The van der Waals surface area contributed by atoms with Crippen molar-refractivity contribution in [2.45, 2.75) is 39.7 Å². The van der Waals surface area contributed by atoms with Gasteiger partial charge >= 0.3 is 5.97 Å². The topological polar surface area (TPSA) is 83.1 Å². The Morgan fingerprint density at radius 2 is 1.77 bits per heavy atom. The zero-order valence-corrected chi connectivity index (χ0v) is 17.9. The van der Waals surface area contributed by atoms with Crippen molar-refractivity contribution < 1.29 is 28.5 Å². The molecule has 0 saturated carbocycles. The molecule has 0 aliphatic carbocycles. The van der Waals surface area contributed by atoms with Gasteiger partial charge in [-0.05, 0) is 50.6 Å². The molecule has 1 atom stereocenters. The van der Waals surface area contributed by atoms with E-state index in [9.17, 15) is 9.59 Å². The summed E-state index contributed by atoms with van der Waals surface area (Å²) in [6.07, 6.45) is 0.940. The SMILES string of the molecule is CCCCOc1ccc(C(=O)O[C@@H](C)C(=O)Nc2ccccc2OC)cc1OCC. The van der Waals surface area contributed by atoms with E-state index in [4.69, 9.17) is 18.9 Å². The summed E-state index contributed by atoms with van der Waals surface area (Å²) in [5.41, 5.74) is 0.776. The first kappa shape index (κ1) is 23.1. The molecular weight excluding hydrogens is 386 g/mol. The van der Waals surface area contributed by atoms with Gasteiger partial charge in [-0.1, -0.05) is 25.5 Å². The minimum absolute atomic E-state index is 0.276. The highest BCUT2D eigenvalue weighted by Crippen LogP contribution is 2.29. The van der Waals surface area contributed by atoms with Crippen LogP contribution in [0, 0.1) is 0 Å². The van der Waals surface area contributed by atoms with Gasteiger partial charge in [-0.15, -0.1) is 0 Å². The van der Waals surface area contributed by atoms with Crippen molar-refractivity contribution in [2.75, 3.05) is 25.6 Å². The quantitative estimate of drug-likeness (QED) is 0.431. The van der Waals surface area contributed by atoms with Crippen molar-refractivity contribution in [3.05, 3.63) is 48.0 Å². The van der Waals surface area contributed by atoms with Crippen LogP contribution in [0.2, 0.25) is 0 Å². The molecule has 2 aromatic carbocycles. The van der Waals surface area contributed by atoms with Gasteiger partial charge in [0.25, 0.3) is 5.91 Å². The van der Waals surface area contributed by atoms with Gasteiger partial charge < -0.3 is 24.3 Å². The van der Waals surface area contributed by atoms with E-state index < -0.39 is 18.0 Å². The Morgan fingerprint density at radius 1 is 1.00 bits per heavy atom. The molecule has 0 heterocycles. The fourth-order valence-corrected chi connectivity index (χ4v) is 2.61. The third kappa shape index (κ3) is 6.40. The third-order valence-electron chi connectivity index (χ3n) is 4.25. The highest BCUT2D eigenvalue weighted by molar-refractivity contribution is 5.98. The van der Waals surface area contributed by atoms with E-state index in [1.165, 1.54) is 14.0 Å². The number of hydrogen-bond donors (Lipinski definition) is 1. The van der Waals surface area contributed by atoms with E-state index in [-0.39, 0.29) is 5.56 Å². The Hall–Kier alpha value is -3.22. The van der Waals surface area contributed by atoms with Crippen LogP contribution in [-0.2, 0) is 9.53 Å². The molecule has 0 fully saturated rings. The summed E-state index contributed by atoms with van der Waals surface area (Å²) in [5.74, 6) is 0.471. The molecule has 162 valence electrons. The number of benzene rings is 2. The molecule has 0 aliphatic heterocycles. The number of methoxy groups -OCH3 is 1. The van der Waals surface area contributed by atoms with Crippen LogP contribution >= 0.6 is 0 Å². The Morgan fingerprint density at radius 3 is 2.47 bits per heavy atom. The number of carbonyl (C=O) groups is 2. The maximum absolute atomic E-state index is 12.5. The lowest BCUT2D eigenvalue weighted by atomic mass is 10.2. The van der Waals surface area contributed by atoms with Crippen molar-refractivity contribution in [1.82, 2.24) is 0 Å². The number of ether oxygens (including phenoxy) is 4. The van der Waals surface area contributed by atoms with Crippen LogP contribution in [0.3, 0.4) is 0 Å². The van der Waals surface area contributed by atoms with Crippen LogP contribution < -0.4 is 19.5 Å². The van der Waals surface area contributed by atoms with Gasteiger partial charge in [0.15, 0.2) is 17.6 Å². The van der Waals surface area contributed by atoms with Crippen molar-refractivity contribution in [2.24, 2.45) is 0 Å². The van der Waals surface area contributed by atoms with Gasteiger partial charge in [0.1, 0.15) is 5.75 Å². The largest absolute Gasteiger partial charge is 0.495 e. The normalized spacial score (nSPS) is 11.3. The third-order valence-corrected chi connectivity index (χ3v) is 4.25. The average Bonchev–Trinajstić information content (AvgIpc) is 2.75. The Balaban J connectivity index is 2.04. The van der Waals surface area contributed by atoms with Crippen LogP contribution in [0.15, 0.2) is 42.5 Å². The molecule has 2 aromatic rings. The van der Waals surface area contributed by atoms with Crippen molar-refractivity contribution in [3.63, 3.8) is 0 Å². The molecule has 0 aliphatic rings. The van der Waals surface area contributed by atoms with E-state index in [2.05, 4.69) is 12.2 Å². The fraction of sp³-hybridized carbons (Fsp3) is 0.391. The summed E-state index contributed by atoms with van der Waals surface area (Å²) in [6.45, 7) is 6.44. The minimum Gasteiger partial charge on any atom is -0.495 e. The van der Waals surface area contributed by atoms with E-state index in [0.717, 1.165) is 12.8 Å². The molecule has 7 nitrogen and oxygen atoms in total. The van der Waals surface area contributed by atoms with E-state index in [1.807, 2.05) is 6.92 Å². The monoisotopic (exact) mass is 415 g/mol. The summed E-state index contributed by atoms with van der Waals surface area (Å²) in [7, 11) is 1.51. The first-order valence-electron chi connectivity index (χ1n) is 10.0. The number of esters is 1. The molecular formula is C23H29NO6. The summed E-state index contributed by atoms with van der Waals surface area (Å²) in [4.78, 5) is 25.0. The lowest BCUT2D eigenvalue weighted by molar-refractivity contribution is -0.123. The van der Waals surface area contributed by atoms with Crippen LogP contribution in [0.4, 0.5) is 5.69 Å². The molecule has 2 rings (SSSR count). The molecule has 0 aromatic heterocycles. The van der Waals surface area contributed by atoms with Crippen LogP contribution in [0.5, 0.6) is 17.2 Å². The average molecular weight is 415 g/mol. The fourth-order valence-electron chi connectivity index (χ4n) is 2.61. The van der Waals surface area contributed by atoms with Gasteiger partial charge in [-0.25, -0.2) is 4.79 Å². The number of anilines is 1. The number of hydrogen-bond acceptors (Lipinski definition) is 6. The highest BCUT2D eigenvalue weighted by atomic mass is 16.5. The predicted molar refractivity (Wildman–Crippen MR) is 115 cm³/mol. The minimum atomic E-state index is -1.00. The molecule has 0 bridgehead atoms. The Bertz CT molecular complexity index is 851. The van der Waals surface area contributed by atoms with Gasteiger partial charge in [0, 0.05) is 0 Å². The Labute approximate surface area is 177 Å². The smallest absolute Gasteiger partial charge is 0.339 e. The second-order valence-corrected chi connectivity index (χ2v) is 6.53. The molecule has 1 amide bonds. The van der Waals surface area contributed by atoms with Gasteiger partial charge in [0.2, 0.25) is 0 Å². The first-order chi connectivity index (χ1) is 14.5. The van der Waals surface area contributed by atoms with Crippen molar-refractivity contribution in [3.8, 4) is 17.2 Å². The highest BCUT2D eigenvalue weighted by Gasteiger charge is 2.21. The first-order valence-corrected chi connectivity index (χ1v) is 10.0. The molecule has 0 spiro atoms. The zero-order valence-electron chi connectivity index (χ0n) is 17.9. The summed E-state index contributed by atoms with van der Waals surface area (Å²) in [6, 6.07) is 11.8. The van der Waals surface area contributed by atoms with Crippen LogP contribution in [0.1, 0.15) is 44.0 Å². The maximum atomic E-state index is 12.5. The number of para-hydroxylation sites is 2. The van der Waals surface area contributed by atoms with E-state index >= 15 is 0 Å². The van der Waals surface area contributed by atoms with Crippen LogP contribution in [-0.4, -0.2) is 38.3 Å². The molecule has 7 heteroatoms. The number of nitrogens with one attached hydrogen (secondary N) is 1. The molecule has 0 radical (unpaired) electrons. The lowest BCUT2D eigenvalue weighted by Gasteiger charge is -2.16. The second-order valence-electron chi connectivity index (χ2n) is 6.53. The summed E-state index contributed by atoms with van der Waals surface area (Å²) >= 11 is 0. The van der Waals surface area contributed by atoms with Gasteiger partial charge in [-0.3, -0.25) is 4.79 Å². The number of amides is 1. The van der Waals surface area contributed by atoms with Gasteiger partial charge in [0.05, 0.1) is 31.6 Å². The predicted octanol–water partition coefficient (Wildman–Crippen LogP) is 4.46. The lowest BCUT2D eigenvalue weighted by Crippen LogP contribution is -2.30. The number of unbranched alkanes of at least 4 members (excludes halogenated alkanes) is 1. The Kier molecular flexibility index (Phi) is 9.00. The molecule has 0 unspecified atom stereocenters. The maximum Gasteiger partial charge on any atom is 0.339 e. The number of rotatable bonds is 11. The second kappa shape index (κ2) is 11.7. The van der Waals surface area contributed by atoms with E-state index in [0.29, 0.717) is 36.1 Å². The van der Waals surface area contributed by atoms with Gasteiger partial charge in [-0.2, -0.15) is 0 Å². The summed E-state index contributed by atoms with van der Waals surface area (Å²) < 4.78 is 21.8. The summed E-state index contributed by atoms with van der Waals surface area (Å²) in [5, 5.41) is 2.70. The molecule has 0 saturated heterocycles. The van der Waals surface area contributed by atoms with E-state index in [1.54, 1.807) is 42.5 Å². The number of carbonyl (C=O) groups excluding carboxylic acids is 2. The standard InChI is InChI=1S/C23H29NO6/c1-5-7-14-29-20-13-12-17(15-21(20)28-6-2)23(26)30-16(3)22(25)24-18-10-8-9-11-19(18)27-4/h8-13,15-16H,5-7,14H2,1-4H3,(H,24,25)/t16-/m0/s1. The molecule has 1 N–H and O–H groups in total.